The number of hydrogen-bond donors (Lipinski definition) is 1. The van der Waals surface area contributed by atoms with E-state index in [0.29, 0.717) is 18.4 Å². The molecule has 4 heteroatoms. The van der Waals surface area contributed by atoms with Crippen molar-refractivity contribution < 1.29 is 9.53 Å². The maximum absolute atomic E-state index is 11.0. The van der Waals surface area contributed by atoms with Gasteiger partial charge in [0.15, 0.2) is 0 Å². The molecule has 1 N–H and O–H groups in total. The van der Waals surface area contributed by atoms with E-state index in [1.165, 1.54) is 30.9 Å². The summed E-state index contributed by atoms with van der Waals surface area (Å²) in [5.74, 6) is 2.02. The molecule has 0 atom stereocenters. The average Bonchev–Trinajstić information content (AvgIpc) is 2.88. The van der Waals surface area contributed by atoms with Gasteiger partial charge in [-0.05, 0) is 67.1 Å². The second kappa shape index (κ2) is 12.4. The molecule has 1 saturated heterocycles. The van der Waals surface area contributed by atoms with E-state index in [0.717, 1.165) is 44.0 Å². The van der Waals surface area contributed by atoms with Gasteiger partial charge in [-0.2, -0.15) is 0 Å². The lowest BCUT2D eigenvalue weighted by atomic mass is 9.76. The van der Waals surface area contributed by atoms with Gasteiger partial charge in [0.1, 0.15) is 5.75 Å². The number of benzene rings is 3. The highest BCUT2D eigenvalue weighted by Gasteiger charge is 2.28. The molecule has 1 fully saturated rings. The van der Waals surface area contributed by atoms with Crippen molar-refractivity contribution >= 4 is 5.91 Å². The topological polar surface area (TPSA) is 41.6 Å². The van der Waals surface area contributed by atoms with Crippen molar-refractivity contribution in [2.75, 3.05) is 26.2 Å². The molecule has 0 aliphatic carbocycles. The fourth-order valence-corrected chi connectivity index (χ4v) is 4.98. The lowest BCUT2D eigenvalue weighted by molar-refractivity contribution is -0.119. The van der Waals surface area contributed by atoms with Crippen molar-refractivity contribution in [1.82, 2.24) is 10.2 Å². The van der Waals surface area contributed by atoms with Crippen LogP contribution in [0.3, 0.4) is 0 Å². The minimum Gasteiger partial charge on any atom is -0.494 e. The Labute approximate surface area is 204 Å². The van der Waals surface area contributed by atoms with E-state index in [2.05, 4.69) is 70.9 Å². The van der Waals surface area contributed by atoms with Crippen molar-refractivity contribution in [2.24, 2.45) is 5.92 Å². The Bertz CT molecular complexity index is 957. The molecule has 34 heavy (non-hydrogen) atoms. The van der Waals surface area contributed by atoms with Crippen molar-refractivity contribution in [3.05, 3.63) is 102 Å². The van der Waals surface area contributed by atoms with Crippen LogP contribution in [0.15, 0.2) is 84.9 Å². The van der Waals surface area contributed by atoms with Crippen molar-refractivity contribution in [3.63, 3.8) is 0 Å². The van der Waals surface area contributed by atoms with E-state index in [-0.39, 0.29) is 5.91 Å². The van der Waals surface area contributed by atoms with Gasteiger partial charge >= 0.3 is 0 Å². The number of nitrogens with zero attached hydrogens (tertiary/aromatic N) is 1. The van der Waals surface area contributed by atoms with Crippen LogP contribution in [0, 0.1) is 5.92 Å². The quantitative estimate of drug-likeness (QED) is 0.402. The summed E-state index contributed by atoms with van der Waals surface area (Å²) in [7, 11) is 0. The van der Waals surface area contributed by atoms with Crippen LogP contribution in [0.2, 0.25) is 0 Å². The maximum Gasteiger partial charge on any atom is 0.217 e. The van der Waals surface area contributed by atoms with E-state index < -0.39 is 0 Å². The summed E-state index contributed by atoms with van der Waals surface area (Å²) in [5.41, 5.74) is 3.95. The number of hydrogen-bond acceptors (Lipinski definition) is 3. The van der Waals surface area contributed by atoms with Crippen LogP contribution in [0.5, 0.6) is 5.75 Å². The normalized spacial score (nSPS) is 14.8. The van der Waals surface area contributed by atoms with E-state index in [1.807, 2.05) is 24.3 Å². The van der Waals surface area contributed by atoms with Gasteiger partial charge in [0.05, 0.1) is 6.61 Å². The minimum absolute atomic E-state index is 0.0139. The molecule has 1 heterocycles. The fourth-order valence-electron chi connectivity index (χ4n) is 4.98. The molecule has 0 bridgehead atoms. The summed E-state index contributed by atoms with van der Waals surface area (Å²) in [6.07, 6.45) is 3.48. The summed E-state index contributed by atoms with van der Waals surface area (Å²) >= 11 is 0. The lowest BCUT2D eigenvalue weighted by Crippen LogP contribution is -2.36. The molecular formula is C30H36N2O2. The predicted octanol–water partition coefficient (Wildman–Crippen LogP) is 5.64. The maximum atomic E-state index is 11.0. The Morgan fingerprint density at radius 3 is 2.06 bits per heavy atom. The molecular weight excluding hydrogens is 420 g/mol. The van der Waals surface area contributed by atoms with Crippen LogP contribution in [-0.4, -0.2) is 37.0 Å². The molecule has 0 unspecified atom stereocenters. The Morgan fingerprint density at radius 2 is 1.50 bits per heavy atom. The third-order valence-corrected chi connectivity index (χ3v) is 6.77. The molecule has 1 amide bonds. The molecule has 4 nitrogen and oxygen atoms in total. The van der Waals surface area contributed by atoms with Gasteiger partial charge in [0.2, 0.25) is 5.91 Å². The first-order valence-corrected chi connectivity index (χ1v) is 12.5. The third kappa shape index (κ3) is 6.94. The van der Waals surface area contributed by atoms with Crippen LogP contribution < -0.4 is 10.1 Å². The Hall–Kier alpha value is -3.11. The van der Waals surface area contributed by atoms with Crippen LogP contribution >= 0.6 is 0 Å². The fraction of sp³-hybridized carbons (Fsp3) is 0.367. The average molecular weight is 457 g/mol. The molecule has 0 radical (unpaired) electrons. The van der Waals surface area contributed by atoms with E-state index in [1.54, 1.807) is 0 Å². The Kier molecular flexibility index (Phi) is 8.75. The highest BCUT2D eigenvalue weighted by atomic mass is 16.5. The van der Waals surface area contributed by atoms with Crippen molar-refractivity contribution in [2.45, 2.75) is 38.6 Å². The SMILES string of the molecule is CC(=O)NCc1ccc(OCCCN2CCC(C(c3ccccc3)c3ccccc3)CC2)cc1. The van der Waals surface area contributed by atoms with Gasteiger partial charge in [0.25, 0.3) is 0 Å². The van der Waals surface area contributed by atoms with Gasteiger partial charge in [-0.25, -0.2) is 0 Å². The van der Waals surface area contributed by atoms with Crippen molar-refractivity contribution in [1.29, 1.82) is 0 Å². The number of rotatable bonds is 10. The van der Waals surface area contributed by atoms with Gasteiger partial charge in [0, 0.05) is 25.9 Å². The number of ether oxygens (including phenoxy) is 1. The first-order chi connectivity index (χ1) is 16.7. The predicted molar refractivity (Wildman–Crippen MR) is 138 cm³/mol. The highest BCUT2D eigenvalue weighted by molar-refractivity contribution is 5.72. The van der Waals surface area contributed by atoms with Crippen LogP contribution in [0.1, 0.15) is 48.8 Å². The number of piperidine rings is 1. The number of carbonyl (C=O) groups excluding carboxylic acids is 1. The first kappa shape index (κ1) is 24.0. The minimum atomic E-state index is -0.0139. The molecule has 1 aliphatic rings. The third-order valence-electron chi connectivity index (χ3n) is 6.77. The van der Waals surface area contributed by atoms with Gasteiger partial charge < -0.3 is 15.0 Å². The molecule has 0 saturated carbocycles. The summed E-state index contributed by atoms with van der Waals surface area (Å²) in [4.78, 5) is 13.6. The van der Waals surface area contributed by atoms with Gasteiger partial charge in [-0.3, -0.25) is 4.79 Å². The molecule has 0 spiro atoms. The smallest absolute Gasteiger partial charge is 0.217 e. The summed E-state index contributed by atoms with van der Waals surface area (Å²) in [6.45, 7) is 6.19. The second-order valence-corrected chi connectivity index (χ2v) is 9.23. The van der Waals surface area contributed by atoms with Crippen LogP contribution in [0.4, 0.5) is 0 Å². The first-order valence-electron chi connectivity index (χ1n) is 12.5. The number of amides is 1. The monoisotopic (exact) mass is 456 g/mol. The summed E-state index contributed by atoms with van der Waals surface area (Å²) in [5, 5.41) is 2.81. The number of nitrogens with one attached hydrogen (secondary N) is 1. The molecule has 3 aromatic rings. The summed E-state index contributed by atoms with van der Waals surface area (Å²) < 4.78 is 5.94. The van der Waals surface area contributed by atoms with Gasteiger partial charge in [-0.1, -0.05) is 72.8 Å². The zero-order valence-corrected chi connectivity index (χ0v) is 20.2. The zero-order chi connectivity index (χ0) is 23.6. The van der Waals surface area contributed by atoms with Crippen LogP contribution in [-0.2, 0) is 11.3 Å². The zero-order valence-electron chi connectivity index (χ0n) is 20.2. The van der Waals surface area contributed by atoms with E-state index in [9.17, 15) is 4.79 Å². The largest absolute Gasteiger partial charge is 0.494 e. The molecule has 3 aromatic carbocycles. The van der Waals surface area contributed by atoms with E-state index in [4.69, 9.17) is 4.74 Å². The van der Waals surface area contributed by atoms with Gasteiger partial charge in [-0.15, -0.1) is 0 Å². The Balaban J connectivity index is 1.22. The second-order valence-electron chi connectivity index (χ2n) is 9.23. The Morgan fingerprint density at radius 1 is 0.912 bits per heavy atom. The number of carbonyl (C=O) groups is 1. The highest BCUT2D eigenvalue weighted by Crippen LogP contribution is 2.37. The number of likely N-dealkylation sites (tertiary alicyclic amines) is 1. The molecule has 4 rings (SSSR count). The lowest BCUT2D eigenvalue weighted by Gasteiger charge is -2.36. The van der Waals surface area contributed by atoms with Crippen LogP contribution in [0.25, 0.3) is 0 Å². The molecule has 178 valence electrons. The summed E-state index contributed by atoms with van der Waals surface area (Å²) in [6, 6.07) is 30.0. The standard InChI is InChI=1S/C30H36N2O2/c1-24(33)31-23-25-13-15-29(16-14-25)34-22-8-19-32-20-17-28(18-21-32)30(26-9-4-2-5-10-26)27-11-6-3-7-12-27/h2-7,9-16,28,30H,8,17-23H2,1H3,(H,31,33). The van der Waals surface area contributed by atoms with Crippen molar-refractivity contribution in [3.8, 4) is 5.75 Å². The molecule has 0 aromatic heterocycles. The van der Waals surface area contributed by atoms with E-state index >= 15 is 0 Å². The molecule has 1 aliphatic heterocycles.